The number of aromatic nitrogens is 3. The molecule has 0 saturated heterocycles. The predicted octanol–water partition coefficient (Wildman–Crippen LogP) is 2.35. The van der Waals surface area contributed by atoms with E-state index in [9.17, 15) is 0 Å². The molecule has 0 amide bonds. The van der Waals surface area contributed by atoms with E-state index in [1.54, 1.807) is 12.4 Å². The van der Waals surface area contributed by atoms with E-state index in [1.807, 2.05) is 12.1 Å². The maximum Gasteiger partial charge on any atom is 0.153 e. The lowest BCUT2D eigenvalue weighted by Crippen LogP contribution is -2.13. The minimum Gasteiger partial charge on any atom is -0.382 e. The molecular formula is C12H16N4. The summed E-state index contributed by atoms with van der Waals surface area (Å²) in [5, 5.41) is 7.11. The monoisotopic (exact) mass is 216 g/mol. The number of anilines is 1. The van der Waals surface area contributed by atoms with Gasteiger partial charge < -0.3 is 5.73 Å². The van der Waals surface area contributed by atoms with Gasteiger partial charge >= 0.3 is 0 Å². The number of hydrogen-bond donors (Lipinski definition) is 2. The fraction of sp³-hybridized carbons (Fsp3) is 0.333. The van der Waals surface area contributed by atoms with E-state index in [2.05, 4.69) is 36.0 Å². The molecule has 16 heavy (non-hydrogen) atoms. The molecule has 2 rings (SSSR count). The van der Waals surface area contributed by atoms with Crippen molar-refractivity contribution >= 4 is 5.82 Å². The van der Waals surface area contributed by atoms with Crippen molar-refractivity contribution < 1.29 is 0 Å². The van der Waals surface area contributed by atoms with Crippen LogP contribution in [0.3, 0.4) is 0 Å². The first-order valence-corrected chi connectivity index (χ1v) is 5.25. The number of rotatable bonds is 1. The number of nitrogens with two attached hydrogens (primary N) is 1. The standard InChI is InChI=1S/C12H16N4/c1-12(2,3)10-9(11(13)16-15-10)8-4-6-14-7-5-8/h4-7H,1-3H3,(H3,13,15,16). The second-order valence-corrected chi connectivity index (χ2v) is 4.84. The summed E-state index contributed by atoms with van der Waals surface area (Å²) in [5.74, 6) is 0.538. The van der Waals surface area contributed by atoms with E-state index in [0.29, 0.717) is 5.82 Å². The highest BCUT2D eigenvalue weighted by Crippen LogP contribution is 2.34. The highest BCUT2D eigenvalue weighted by atomic mass is 15.2. The smallest absolute Gasteiger partial charge is 0.153 e. The third-order valence-corrected chi connectivity index (χ3v) is 2.51. The van der Waals surface area contributed by atoms with Gasteiger partial charge in [-0.25, -0.2) is 0 Å². The zero-order valence-electron chi connectivity index (χ0n) is 9.78. The summed E-state index contributed by atoms with van der Waals surface area (Å²) in [6.07, 6.45) is 3.52. The molecule has 2 aromatic heterocycles. The van der Waals surface area contributed by atoms with Crippen molar-refractivity contribution in [1.29, 1.82) is 0 Å². The first-order chi connectivity index (χ1) is 7.50. The van der Waals surface area contributed by atoms with Gasteiger partial charge in [-0.1, -0.05) is 20.8 Å². The molecule has 0 bridgehead atoms. The molecule has 0 aliphatic heterocycles. The van der Waals surface area contributed by atoms with E-state index in [1.165, 1.54) is 0 Å². The number of pyridine rings is 1. The molecular weight excluding hydrogens is 200 g/mol. The van der Waals surface area contributed by atoms with E-state index >= 15 is 0 Å². The molecule has 4 nitrogen and oxygen atoms in total. The van der Waals surface area contributed by atoms with Crippen LogP contribution in [-0.2, 0) is 5.41 Å². The summed E-state index contributed by atoms with van der Waals surface area (Å²) in [5.41, 5.74) is 8.98. The minimum absolute atomic E-state index is 0.0107. The third-order valence-electron chi connectivity index (χ3n) is 2.51. The molecule has 3 N–H and O–H groups in total. The second kappa shape index (κ2) is 3.63. The quantitative estimate of drug-likeness (QED) is 0.768. The lowest BCUT2D eigenvalue weighted by molar-refractivity contribution is 0.568. The first kappa shape index (κ1) is 10.7. The molecule has 0 unspecified atom stereocenters. The Morgan fingerprint density at radius 2 is 1.81 bits per heavy atom. The summed E-state index contributed by atoms with van der Waals surface area (Å²) in [7, 11) is 0. The van der Waals surface area contributed by atoms with Gasteiger partial charge in [0.1, 0.15) is 0 Å². The van der Waals surface area contributed by atoms with Crippen LogP contribution in [0.2, 0.25) is 0 Å². The molecule has 0 fully saturated rings. The van der Waals surface area contributed by atoms with Crippen molar-refractivity contribution in [3.8, 4) is 11.1 Å². The van der Waals surface area contributed by atoms with Crippen LogP contribution < -0.4 is 5.73 Å². The second-order valence-electron chi connectivity index (χ2n) is 4.84. The molecule has 0 aliphatic carbocycles. The Labute approximate surface area is 94.9 Å². The minimum atomic E-state index is -0.0107. The highest BCUT2D eigenvalue weighted by molar-refractivity contribution is 5.76. The lowest BCUT2D eigenvalue weighted by atomic mass is 9.87. The fourth-order valence-corrected chi connectivity index (χ4v) is 1.71. The largest absolute Gasteiger partial charge is 0.382 e. The van der Waals surface area contributed by atoms with Crippen LogP contribution in [0.1, 0.15) is 26.5 Å². The summed E-state index contributed by atoms with van der Waals surface area (Å²) in [6, 6.07) is 3.88. The SMILES string of the molecule is CC(C)(C)c1[nH]nc(N)c1-c1ccncc1. The highest BCUT2D eigenvalue weighted by Gasteiger charge is 2.23. The average molecular weight is 216 g/mol. The lowest BCUT2D eigenvalue weighted by Gasteiger charge is -2.18. The van der Waals surface area contributed by atoms with Crippen LogP contribution in [0.15, 0.2) is 24.5 Å². The van der Waals surface area contributed by atoms with Gasteiger partial charge in [0.15, 0.2) is 5.82 Å². The molecule has 2 heterocycles. The predicted molar refractivity (Wildman–Crippen MR) is 64.9 cm³/mol. The van der Waals surface area contributed by atoms with Gasteiger partial charge in [-0.2, -0.15) is 5.10 Å². The maximum atomic E-state index is 5.91. The Hall–Kier alpha value is -1.84. The molecule has 0 aliphatic rings. The third kappa shape index (κ3) is 1.78. The van der Waals surface area contributed by atoms with Crippen molar-refractivity contribution in [2.24, 2.45) is 0 Å². The van der Waals surface area contributed by atoms with E-state index in [0.717, 1.165) is 16.8 Å². The van der Waals surface area contributed by atoms with Gasteiger partial charge in [0.2, 0.25) is 0 Å². The van der Waals surface area contributed by atoms with Crippen LogP contribution in [-0.4, -0.2) is 15.2 Å². The number of aromatic amines is 1. The van der Waals surface area contributed by atoms with Crippen LogP contribution in [0.4, 0.5) is 5.82 Å². The van der Waals surface area contributed by atoms with Gasteiger partial charge in [-0.05, 0) is 17.7 Å². The number of nitrogen functional groups attached to an aromatic ring is 1. The summed E-state index contributed by atoms with van der Waals surface area (Å²) >= 11 is 0. The fourth-order valence-electron chi connectivity index (χ4n) is 1.71. The van der Waals surface area contributed by atoms with Crippen LogP contribution in [0.25, 0.3) is 11.1 Å². The molecule has 4 heteroatoms. The number of hydrogen-bond acceptors (Lipinski definition) is 3. The Morgan fingerprint density at radius 3 is 2.38 bits per heavy atom. The van der Waals surface area contributed by atoms with Crippen LogP contribution in [0, 0.1) is 0 Å². The Kier molecular flexibility index (Phi) is 2.42. The number of nitrogens with one attached hydrogen (secondary N) is 1. The van der Waals surface area contributed by atoms with Crippen LogP contribution >= 0.6 is 0 Å². The average Bonchev–Trinajstić information content (AvgIpc) is 2.61. The molecule has 0 radical (unpaired) electrons. The molecule has 84 valence electrons. The summed E-state index contributed by atoms with van der Waals surface area (Å²) in [4.78, 5) is 4.01. The van der Waals surface area contributed by atoms with Gasteiger partial charge in [0.05, 0.1) is 5.69 Å². The zero-order chi connectivity index (χ0) is 11.8. The van der Waals surface area contributed by atoms with Gasteiger partial charge in [-0.15, -0.1) is 0 Å². The zero-order valence-corrected chi connectivity index (χ0v) is 9.78. The summed E-state index contributed by atoms with van der Waals surface area (Å²) in [6.45, 7) is 6.39. The summed E-state index contributed by atoms with van der Waals surface area (Å²) < 4.78 is 0. The van der Waals surface area contributed by atoms with Crippen molar-refractivity contribution in [1.82, 2.24) is 15.2 Å². The molecule has 0 atom stereocenters. The molecule has 0 aromatic carbocycles. The van der Waals surface area contributed by atoms with Crippen molar-refractivity contribution in [3.63, 3.8) is 0 Å². The molecule has 2 aromatic rings. The Bertz CT molecular complexity index is 479. The molecule has 0 spiro atoms. The van der Waals surface area contributed by atoms with Crippen molar-refractivity contribution in [2.45, 2.75) is 26.2 Å². The van der Waals surface area contributed by atoms with Crippen molar-refractivity contribution in [2.75, 3.05) is 5.73 Å². The van der Waals surface area contributed by atoms with E-state index < -0.39 is 0 Å². The first-order valence-electron chi connectivity index (χ1n) is 5.25. The van der Waals surface area contributed by atoms with E-state index in [-0.39, 0.29) is 5.41 Å². The Morgan fingerprint density at radius 1 is 1.19 bits per heavy atom. The normalized spacial score (nSPS) is 11.7. The topological polar surface area (TPSA) is 67.6 Å². The Balaban J connectivity index is 2.61. The van der Waals surface area contributed by atoms with E-state index in [4.69, 9.17) is 5.73 Å². The number of H-pyrrole nitrogens is 1. The maximum absolute atomic E-state index is 5.91. The van der Waals surface area contributed by atoms with Gasteiger partial charge in [0, 0.05) is 23.4 Å². The molecule has 0 saturated carbocycles. The van der Waals surface area contributed by atoms with Crippen LogP contribution in [0.5, 0.6) is 0 Å². The number of nitrogens with zero attached hydrogens (tertiary/aromatic N) is 2. The van der Waals surface area contributed by atoms with Crippen molar-refractivity contribution in [3.05, 3.63) is 30.2 Å². The van der Waals surface area contributed by atoms with Gasteiger partial charge in [-0.3, -0.25) is 10.1 Å². The van der Waals surface area contributed by atoms with Gasteiger partial charge in [0.25, 0.3) is 0 Å².